The highest BCUT2D eigenvalue weighted by molar-refractivity contribution is 5.45. The molecule has 0 spiro atoms. The van der Waals surface area contributed by atoms with Gasteiger partial charge in [0, 0.05) is 18.3 Å². The molecule has 0 aliphatic carbocycles. The smallest absolute Gasteiger partial charge is 0.0909 e. The SMILES string of the molecule is c1ccc(CCN2C3CCCC2(Nc2ccccc2)CC3)cc1. The van der Waals surface area contributed by atoms with Crippen molar-refractivity contribution in [2.24, 2.45) is 0 Å². The van der Waals surface area contributed by atoms with Gasteiger partial charge in [-0.1, -0.05) is 48.5 Å². The molecule has 0 radical (unpaired) electrons. The fourth-order valence-corrected chi connectivity index (χ4v) is 4.53. The van der Waals surface area contributed by atoms with Gasteiger partial charge in [0.1, 0.15) is 0 Å². The van der Waals surface area contributed by atoms with Crippen molar-refractivity contribution >= 4 is 5.69 Å². The molecule has 2 bridgehead atoms. The maximum atomic E-state index is 3.90. The number of fused-ring (bicyclic) bond motifs is 2. The second kappa shape index (κ2) is 6.37. The Kier molecular flexibility index (Phi) is 4.09. The standard InChI is InChI=1S/C21H26N2/c1-3-8-18(9-4-1)14-17-23-20-12-7-15-21(23,16-13-20)22-19-10-5-2-6-11-19/h1-6,8-11,20,22H,7,12-17H2. The molecule has 2 atom stereocenters. The van der Waals surface area contributed by atoms with Crippen LogP contribution in [0, 0.1) is 0 Å². The fourth-order valence-electron chi connectivity index (χ4n) is 4.53. The molecule has 2 fully saturated rings. The Hall–Kier alpha value is -1.80. The number of anilines is 1. The van der Waals surface area contributed by atoms with Gasteiger partial charge in [0.05, 0.1) is 5.66 Å². The fraction of sp³-hybridized carbons (Fsp3) is 0.429. The molecule has 2 aromatic carbocycles. The molecule has 2 heteroatoms. The van der Waals surface area contributed by atoms with Crippen molar-refractivity contribution in [2.45, 2.75) is 50.2 Å². The highest BCUT2D eigenvalue weighted by Crippen LogP contribution is 2.44. The van der Waals surface area contributed by atoms with Crippen LogP contribution in [0.15, 0.2) is 60.7 Å². The zero-order chi connectivity index (χ0) is 15.5. The summed E-state index contributed by atoms with van der Waals surface area (Å²) in [5.74, 6) is 0. The molecule has 2 heterocycles. The van der Waals surface area contributed by atoms with Gasteiger partial charge in [-0.05, 0) is 56.2 Å². The minimum Gasteiger partial charge on any atom is -0.367 e. The zero-order valence-corrected chi connectivity index (χ0v) is 13.7. The van der Waals surface area contributed by atoms with Crippen LogP contribution in [0.25, 0.3) is 0 Å². The molecule has 2 saturated heterocycles. The highest BCUT2D eigenvalue weighted by Gasteiger charge is 2.48. The largest absolute Gasteiger partial charge is 0.367 e. The van der Waals surface area contributed by atoms with Gasteiger partial charge in [-0.25, -0.2) is 0 Å². The summed E-state index contributed by atoms with van der Waals surface area (Å²) in [7, 11) is 0. The molecule has 2 unspecified atom stereocenters. The molecule has 1 N–H and O–H groups in total. The summed E-state index contributed by atoms with van der Waals surface area (Å²) < 4.78 is 0. The predicted octanol–water partition coefficient (Wildman–Crippen LogP) is 4.69. The molecule has 0 saturated carbocycles. The lowest BCUT2D eigenvalue weighted by atomic mass is 9.95. The number of rotatable bonds is 5. The van der Waals surface area contributed by atoms with Crippen LogP contribution in [-0.4, -0.2) is 23.1 Å². The van der Waals surface area contributed by atoms with Gasteiger partial charge >= 0.3 is 0 Å². The van der Waals surface area contributed by atoms with Gasteiger partial charge in [-0.3, -0.25) is 4.90 Å². The van der Waals surface area contributed by atoms with E-state index in [1.807, 2.05) is 0 Å². The number of piperidine rings is 1. The lowest BCUT2D eigenvalue weighted by molar-refractivity contribution is 0.0756. The van der Waals surface area contributed by atoms with Crippen LogP contribution in [0.1, 0.15) is 37.7 Å². The van der Waals surface area contributed by atoms with Crippen LogP contribution < -0.4 is 5.32 Å². The molecule has 2 aromatic rings. The monoisotopic (exact) mass is 306 g/mol. The van der Waals surface area contributed by atoms with Crippen LogP contribution in [-0.2, 0) is 6.42 Å². The number of hydrogen-bond acceptors (Lipinski definition) is 2. The van der Waals surface area contributed by atoms with Crippen molar-refractivity contribution in [3.05, 3.63) is 66.2 Å². The molecule has 120 valence electrons. The maximum Gasteiger partial charge on any atom is 0.0909 e. The summed E-state index contributed by atoms with van der Waals surface area (Å²) in [6, 6.07) is 22.4. The van der Waals surface area contributed by atoms with Crippen molar-refractivity contribution in [1.29, 1.82) is 0 Å². The van der Waals surface area contributed by atoms with Crippen molar-refractivity contribution in [1.82, 2.24) is 4.90 Å². The lowest BCUT2D eigenvalue weighted by Gasteiger charge is -2.46. The van der Waals surface area contributed by atoms with E-state index in [0.717, 1.165) is 19.0 Å². The average molecular weight is 306 g/mol. The van der Waals surface area contributed by atoms with Gasteiger partial charge in [0.25, 0.3) is 0 Å². The molecule has 2 aliphatic rings. The van der Waals surface area contributed by atoms with Crippen molar-refractivity contribution < 1.29 is 0 Å². The normalized spacial score (nSPS) is 27.0. The van der Waals surface area contributed by atoms with E-state index < -0.39 is 0 Å². The lowest BCUT2D eigenvalue weighted by Crippen LogP contribution is -2.55. The van der Waals surface area contributed by atoms with E-state index in [4.69, 9.17) is 0 Å². The molecule has 2 aliphatic heterocycles. The first-order chi connectivity index (χ1) is 11.4. The van der Waals surface area contributed by atoms with Crippen LogP contribution >= 0.6 is 0 Å². The van der Waals surface area contributed by atoms with Gasteiger partial charge < -0.3 is 5.32 Å². The number of benzene rings is 2. The molecule has 0 amide bonds. The van der Waals surface area contributed by atoms with Gasteiger partial charge in [-0.15, -0.1) is 0 Å². The summed E-state index contributed by atoms with van der Waals surface area (Å²) in [5.41, 5.74) is 2.89. The first-order valence-corrected chi connectivity index (χ1v) is 9.00. The third-order valence-corrected chi connectivity index (χ3v) is 5.64. The molecular formula is C21H26N2. The first kappa shape index (κ1) is 14.8. The summed E-state index contributed by atoms with van der Waals surface area (Å²) >= 11 is 0. The minimum atomic E-state index is 0.180. The third kappa shape index (κ3) is 3.00. The van der Waals surface area contributed by atoms with Crippen molar-refractivity contribution in [3.63, 3.8) is 0 Å². The van der Waals surface area contributed by atoms with Crippen LogP contribution in [0.3, 0.4) is 0 Å². The average Bonchev–Trinajstić information content (AvgIpc) is 2.78. The quantitative estimate of drug-likeness (QED) is 0.862. The maximum absolute atomic E-state index is 3.90. The summed E-state index contributed by atoms with van der Waals surface area (Å²) in [5, 5.41) is 3.90. The molecule has 2 nitrogen and oxygen atoms in total. The van der Waals surface area contributed by atoms with E-state index in [1.54, 1.807) is 0 Å². The van der Waals surface area contributed by atoms with Crippen LogP contribution in [0.4, 0.5) is 5.69 Å². The molecule has 4 rings (SSSR count). The van der Waals surface area contributed by atoms with E-state index >= 15 is 0 Å². The number of nitrogens with zero attached hydrogens (tertiary/aromatic N) is 1. The first-order valence-electron chi connectivity index (χ1n) is 9.00. The van der Waals surface area contributed by atoms with Gasteiger partial charge in [0.2, 0.25) is 0 Å². The number of hydrogen-bond donors (Lipinski definition) is 1. The van der Waals surface area contributed by atoms with E-state index in [9.17, 15) is 0 Å². The molecule has 23 heavy (non-hydrogen) atoms. The predicted molar refractivity (Wildman–Crippen MR) is 96.5 cm³/mol. The van der Waals surface area contributed by atoms with Gasteiger partial charge in [0.15, 0.2) is 0 Å². The summed E-state index contributed by atoms with van der Waals surface area (Å²) in [6.07, 6.45) is 7.76. The van der Waals surface area contributed by atoms with Crippen molar-refractivity contribution in [3.8, 4) is 0 Å². The van der Waals surface area contributed by atoms with E-state index in [0.29, 0.717) is 0 Å². The summed E-state index contributed by atoms with van der Waals surface area (Å²) in [4.78, 5) is 2.77. The number of nitrogens with one attached hydrogen (secondary N) is 1. The van der Waals surface area contributed by atoms with Gasteiger partial charge in [-0.2, -0.15) is 0 Å². The van der Waals surface area contributed by atoms with E-state index in [2.05, 4.69) is 70.9 Å². The Labute approximate surface area is 139 Å². The van der Waals surface area contributed by atoms with E-state index in [1.165, 1.54) is 43.4 Å². The highest BCUT2D eigenvalue weighted by atomic mass is 15.4. The Morgan fingerprint density at radius 2 is 1.65 bits per heavy atom. The van der Waals surface area contributed by atoms with E-state index in [-0.39, 0.29) is 5.66 Å². The Bertz CT molecular complexity index is 621. The second-order valence-electron chi connectivity index (χ2n) is 7.04. The molecule has 0 aromatic heterocycles. The second-order valence-corrected chi connectivity index (χ2v) is 7.04. The van der Waals surface area contributed by atoms with Crippen LogP contribution in [0.5, 0.6) is 0 Å². The zero-order valence-electron chi connectivity index (χ0n) is 13.7. The minimum absolute atomic E-state index is 0.180. The Morgan fingerprint density at radius 1 is 0.913 bits per heavy atom. The Morgan fingerprint density at radius 3 is 2.43 bits per heavy atom. The third-order valence-electron chi connectivity index (χ3n) is 5.64. The van der Waals surface area contributed by atoms with Crippen molar-refractivity contribution in [2.75, 3.05) is 11.9 Å². The van der Waals surface area contributed by atoms with Crippen LogP contribution in [0.2, 0.25) is 0 Å². The summed E-state index contributed by atoms with van der Waals surface area (Å²) in [6.45, 7) is 1.16. The number of para-hydroxylation sites is 1. The topological polar surface area (TPSA) is 15.3 Å². The molecular weight excluding hydrogens is 280 g/mol. The Balaban J connectivity index is 1.51.